The third-order valence-electron chi connectivity index (χ3n) is 1.58. The highest BCUT2D eigenvalue weighted by atomic mass is 16.5. The van der Waals surface area contributed by atoms with Gasteiger partial charge >= 0.3 is 5.97 Å². The van der Waals surface area contributed by atoms with E-state index in [4.69, 9.17) is 0 Å². The summed E-state index contributed by atoms with van der Waals surface area (Å²) in [5.74, 6) is -0.662. The number of carbonyl (C=O) groups excluding carboxylic acids is 1. The summed E-state index contributed by atoms with van der Waals surface area (Å²) in [4.78, 5) is 26.1. The van der Waals surface area contributed by atoms with Gasteiger partial charge in [-0.05, 0) is 5.21 Å². The first-order chi connectivity index (χ1) is 6.72. The van der Waals surface area contributed by atoms with Gasteiger partial charge in [-0.1, -0.05) is 5.10 Å². The average Bonchev–Trinajstić information content (AvgIpc) is 2.64. The van der Waals surface area contributed by atoms with Gasteiger partial charge in [0, 0.05) is 6.07 Å². The zero-order valence-electron chi connectivity index (χ0n) is 7.09. The lowest BCUT2D eigenvalue weighted by atomic mass is 10.4. The maximum absolute atomic E-state index is 11.3. The Hall–Kier alpha value is -2.25. The molecule has 2 aromatic rings. The lowest BCUT2D eigenvalue weighted by molar-refractivity contribution is 0.0594. The van der Waals surface area contributed by atoms with E-state index in [1.165, 1.54) is 7.11 Å². The largest absolute Gasteiger partial charge is 0.464 e. The molecule has 0 radical (unpaired) electrons. The minimum absolute atomic E-state index is 0.0258. The van der Waals surface area contributed by atoms with Crippen molar-refractivity contribution >= 4 is 11.7 Å². The molecule has 14 heavy (non-hydrogen) atoms. The van der Waals surface area contributed by atoms with Gasteiger partial charge in [-0.25, -0.2) is 9.78 Å². The number of nitrogens with one attached hydrogen (secondary N) is 1. The van der Waals surface area contributed by atoms with Crippen molar-refractivity contribution in [1.29, 1.82) is 0 Å². The minimum atomic E-state index is -0.687. The van der Waals surface area contributed by atoms with E-state index in [0.29, 0.717) is 0 Å². The molecule has 0 amide bonds. The molecule has 0 saturated carbocycles. The van der Waals surface area contributed by atoms with Crippen molar-refractivity contribution in [3.8, 4) is 0 Å². The molecule has 2 heterocycles. The second kappa shape index (κ2) is 2.91. The number of hydrogen-bond donors (Lipinski definition) is 1. The number of fused-ring (bicyclic) bond motifs is 1. The summed E-state index contributed by atoms with van der Waals surface area (Å²) >= 11 is 0. The first-order valence-electron chi connectivity index (χ1n) is 3.61. The van der Waals surface area contributed by atoms with Crippen LogP contribution in [-0.4, -0.2) is 38.1 Å². The molecule has 0 fully saturated rings. The van der Waals surface area contributed by atoms with Crippen molar-refractivity contribution in [2.75, 3.05) is 7.11 Å². The van der Waals surface area contributed by atoms with Crippen LogP contribution in [0.25, 0.3) is 5.78 Å². The molecular formula is C6H5N5O3. The number of rotatable bonds is 1. The average molecular weight is 195 g/mol. The summed E-state index contributed by atoms with van der Waals surface area (Å²) in [6.07, 6.45) is 0. The summed E-state index contributed by atoms with van der Waals surface area (Å²) in [5.41, 5.74) is -0.563. The molecule has 2 aromatic heterocycles. The van der Waals surface area contributed by atoms with Crippen LogP contribution in [0.3, 0.4) is 0 Å². The topological polar surface area (TPSA) is 102 Å². The Morgan fingerprint density at radius 2 is 2.43 bits per heavy atom. The molecule has 1 N–H and O–H groups in total. The van der Waals surface area contributed by atoms with Crippen molar-refractivity contribution in [2.45, 2.75) is 0 Å². The van der Waals surface area contributed by atoms with Crippen LogP contribution in [0.4, 0.5) is 0 Å². The number of hydrogen-bond acceptors (Lipinski definition) is 6. The van der Waals surface area contributed by atoms with E-state index in [-0.39, 0.29) is 11.5 Å². The summed E-state index contributed by atoms with van der Waals surface area (Å²) in [6.45, 7) is 0. The lowest BCUT2D eigenvalue weighted by Crippen LogP contribution is -2.18. The molecule has 0 aromatic carbocycles. The van der Waals surface area contributed by atoms with Crippen LogP contribution in [0, 0.1) is 0 Å². The predicted molar refractivity (Wildman–Crippen MR) is 42.7 cm³/mol. The van der Waals surface area contributed by atoms with Gasteiger partial charge in [0.25, 0.3) is 11.3 Å². The summed E-state index contributed by atoms with van der Waals surface area (Å²) in [7, 11) is 1.20. The van der Waals surface area contributed by atoms with Crippen LogP contribution in [0.15, 0.2) is 10.9 Å². The van der Waals surface area contributed by atoms with Crippen LogP contribution >= 0.6 is 0 Å². The van der Waals surface area contributed by atoms with Gasteiger partial charge in [-0.3, -0.25) is 4.79 Å². The summed E-state index contributed by atoms with van der Waals surface area (Å²) < 4.78 is 5.42. The highest BCUT2D eigenvalue weighted by Gasteiger charge is 2.11. The number of aromatic nitrogens is 5. The number of methoxy groups -OCH3 is 1. The fraction of sp³-hybridized carbons (Fsp3) is 0.167. The Morgan fingerprint density at radius 1 is 1.64 bits per heavy atom. The monoisotopic (exact) mass is 195 g/mol. The van der Waals surface area contributed by atoms with E-state index in [1.807, 2.05) is 0 Å². The predicted octanol–water partition coefficient (Wildman–Crippen LogP) is -1.40. The second-order valence-electron chi connectivity index (χ2n) is 2.41. The fourth-order valence-electron chi connectivity index (χ4n) is 0.952. The molecule has 0 unspecified atom stereocenters. The van der Waals surface area contributed by atoms with Crippen molar-refractivity contribution in [1.82, 2.24) is 25.0 Å². The van der Waals surface area contributed by atoms with Crippen LogP contribution in [0.5, 0.6) is 0 Å². The Kier molecular flexibility index (Phi) is 1.73. The summed E-state index contributed by atoms with van der Waals surface area (Å²) in [6, 6.07) is 1.04. The van der Waals surface area contributed by atoms with Gasteiger partial charge in [0.2, 0.25) is 0 Å². The van der Waals surface area contributed by atoms with Gasteiger partial charge in [0.05, 0.1) is 7.11 Å². The Balaban J connectivity index is 2.70. The number of tetrazole rings is 1. The highest BCUT2D eigenvalue weighted by molar-refractivity contribution is 5.87. The minimum Gasteiger partial charge on any atom is -0.464 e. The second-order valence-corrected chi connectivity index (χ2v) is 2.41. The van der Waals surface area contributed by atoms with E-state index >= 15 is 0 Å². The number of ether oxygens (including phenoxy) is 1. The third kappa shape index (κ3) is 1.13. The summed E-state index contributed by atoms with van der Waals surface area (Å²) in [5, 5.41) is 9.16. The van der Waals surface area contributed by atoms with Crippen molar-refractivity contribution in [3.05, 3.63) is 22.1 Å². The van der Waals surface area contributed by atoms with Gasteiger partial charge in [0.15, 0.2) is 5.69 Å². The standard InChI is InChI=1S/C6H5N5O3/c1-14-5(13)3-2-4(12)11-6(7-3)8-9-10-11/h2H,1H3,(H,7,8,10). The van der Waals surface area contributed by atoms with Crippen molar-refractivity contribution in [2.24, 2.45) is 0 Å². The molecule has 0 aliphatic carbocycles. The third-order valence-corrected chi connectivity index (χ3v) is 1.58. The molecule has 0 bridgehead atoms. The van der Waals surface area contributed by atoms with Crippen LogP contribution in [0.1, 0.15) is 10.5 Å². The molecule has 8 heteroatoms. The van der Waals surface area contributed by atoms with E-state index < -0.39 is 11.5 Å². The first-order valence-corrected chi connectivity index (χ1v) is 3.61. The molecular weight excluding hydrogens is 190 g/mol. The van der Waals surface area contributed by atoms with Crippen molar-refractivity contribution < 1.29 is 9.53 Å². The number of esters is 1. The molecule has 0 atom stereocenters. The SMILES string of the molecule is COC(=O)c1cc(=O)n2[nH]nnc2n1. The van der Waals surface area contributed by atoms with E-state index in [9.17, 15) is 9.59 Å². The number of aromatic amines is 1. The Bertz CT molecular complexity index is 542. The zero-order valence-corrected chi connectivity index (χ0v) is 7.09. The smallest absolute Gasteiger partial charge is 0.357 e. The molecule has 72 valence electrons. The molecule has 0 spiro atoms. The Labute approximate surface area is 76.5 Å². The number of H-pyrrole nitrogens is 1. The fourth-order valence-corrected chi connectivity index (χ4v) is 0.952. The first kappa shape index (κ1) is 8.35. The maximum Gasteiger partial charge on any atom is 0.357 e. The van der Waals surface area contributed by atoms with Gasteiger partial charge in [0.1, 0.15) is 0 Å². The quantitative estimate of drug-likeness (QED) is 0.561. The maximum atomic E-state index is 11.3. The van der Waals surface area contributed by atoms with Crippen LogP contribution in [-0.2, 0) is 4.74 Å². The number of carbonyl (C=O) groups is 1. The molecule has 8 nitrogen and oxygen atoms in total. The van der Waals surface area contributed by atoms with Gasteiger partial charge in [-0.15, -0.1) is 0 Å². The van der Waals surface area contributed by atoms with Gasteiger partial charge < -0.3 is 4.74 Å². The van der Waals surface area contributed by atoms with E-state index in [1.54, 1.807) is 0 Å². The van der Waals surface area contributed by atoms with Gasteiger partial charge in [-0.2, -0.15) is 9.73 Å². The normalized spacial score (nSPS) is 10.4. The lowest BCUT2D eigenvalue weighted by Gasteiger charge is -1.96. The van der Waals surface area contributed by atoms with Crippen LogP contribution < -0.4 is 5.56 Å². The van der Waals surface area contributed by atoms with Crippen molar-refractivity contribution in [3.63, 3.8) is 0 Å². The van der Waals surface area contributed by atoms with E-state index in [0.717, 1.165) is 10.6 Å². The Morgan fingerprint density at radius 3 is 3.14 bits per heavy atom. The molecule has 0 aliphatic rings. The van der Waals surface area contributed by atoms with Crippen LogP contribution in [0.2, 0.25) is 0 Å². The van der Waals surface area contributed by atoms with E-state index in [2.05, 4.69) is 25.2 Å². The molecule has 0 aliphatic heterocycles. The molecule has 2 rings (SSSR count). The zero-order chi connectivity index (χ0) is 10.1. The molecule has 0 saturated heterocycles. The number of nitrogens with zero attached hydrogens (tertiary/aromatic N) is 4. The highest BCUT2D eigenvalue weighted by Crippen LogP contribution is 1.94.